The Morgan fingerprint density at radius 2 is 2.09 bits per heavy atom. The summed E-state index contributed by atoms with van der Waals surface area (Å²) in [5.74, 6) is 0. The van der Waals surface area contributed by atoms with E-state index in [4.69, 9.17) is 5.11 Å². The van der Waals surface area contributed by atoms with Crippen molar-refractivity contribution in [1.82, 2.24) is 0 Å². The average Bonchev–Trinajstić information content (AvgIpc) is 1.98. The maximum Gasteiger partial charge on any atom is 0.294 e. The highest BCUT2D eigenvalue weighted by molar-refractivity contribution is 4.63. The third kappa shape index (κ3) is 3.77. The number of hydrogen-bond donors (Lipinski definition) is 1. The van der Waals surface area contributed by atoms with E-state index in [9.17, 15) is 10.1 Å². The van der Waals surface area contributed by atoms with Crippen molar-refractivity contribution in [3.05, 3.63) is 10.1 Å². The molecule has 0 aliphatic heterocycles. The molecule has 2 unspecified atom stereocenters. The Hall–Kier alpha value is -0.840. The van der Waals surface area contributed by atoms with Crippen molar-refractivity contribution in [1.29, 1.82) is 0 Å². The van der Waals surface area contributed by atoms with Crippen molar-refractivity contribution in [2.45, 2.75) is 38.9 Å². The lowest BCUT2D eigenvalue weighted by molar-refractivity contribution is -0.770. The molecule has 0 aliphatic rings. The third-order valence-corrected chi connectivity index (χ3v) is 1.47. The number of aliphatic hydroxyl groups is 1. The van der Waals surface area contributed by atoms with Gasteiger partial charge in [-0.25, -0.2) is 0 Å². The largest absolute Gasteiger partial charge is 0.391 e. The molecular formula is C6H13NO4. The first-order valence-electron chi connectivity index (χ1n) is 3.61. The van der Waals surface area contributed by atoms with Crippen LogP contribution in [0.15, 0.2) is 0 Å². The maximum absolute atomic E-state index is 9.86. The highest BCUT2D eigenvalue weighted by Crippen LogP contribution is 2.07. The van der Waals surface area contributed by atoms with Crippen molar-refractivity contribution < 1.29 is 15.0 Å². The highest BCUT2D eigenvalue weighted by atomic mass is 17.0. The van der Waals surface area contributed by atoms with E-state index < -0.39 is 17.3 Å². The van der Waals surface area contributed by atoms with Gasteiger partial charge in [-0.1, -0.05) is 13.8 Å². The molecule has 0 amide bonds. The van der Waals surface area contributed by atoms with Crippen molar-refractivity contribution in [3.63, 3.8) is 0 Å². The number of nitrogens with zero attached hydrogens (tertiary/aromatic N) is 1. The lowest BCUT2D eigenvalue weighted by atomic mass is 10.1. The van der Waals surface area contributed by atoms with Crippen molar-refractivity contribution in [2.75, 3.05) is 0 Å². The van der Waals surface area contributed by atoms with E-state index in [0.717, 1.165) is 0 Å². The Labute approximate surface area is 65.1 Å². The topological polar surface area (TPSA) is 72.6 Å². The fraction of sp³-hybridized carbons (Fsp3) is 1.00. The minimum absolute atomic E-state index is 0.440. The molecule has 11 heavy (non-hydrogen) atoms. The summed E-state index contributed by atoms with van der Waals surface area (Å²) in [6.45, 7) is 3.48. The predicted octanol–water partition coefficient (Wildman–Crippen LogP) is 0.744. The molecule has 5 nitrogen and oxygen atoms in total. The van der Waals surface area contributed by atoms with Crippen LogP contribution in [0.2, 0.25) is 0 Å². The van der Waals surface area contributed by atoms with E-state index in [1.165, 1.54) is 0 Å². The van der Waals surface area contributed by atoms with Crippen molar-refractivity contribution in [3.8, 4) is 0 Å². The molecule has 0 saturated carbocycles. The van der Waals surface area contributed by atoms with Gasteiger partial charge in [-0.05, 0) is 12.8 Å². The SMILES string of the molecule is CCC(O)C(CC)O[N+](=O)[O-]. The van der Waals surface area contributed by atoms with Gasteiger partial charge in [0.15, 0.2) is 0 Å². The highest BCUT2D eigenvalue weighted by Gasteiger charge is 2.18. The number of hydrogen-bond acceptors (Lipinski definition) is 4. The smallest absolute Gasteiger partial charge is 0.294 e. The monoisotopic (exact) mass is 163 g/mol. The molecule has 0 saturated heterocycles. The molecular weight excluding hydrogens is 150 g/mol. The van der Waals surface area contributed by atoms with E-state index in [-0.39, 0.29) is 0 Å². The Balaban J connectivity index is 3.84. The van der Waals surface area contributed by atoms with E-state index in [1.54, 1.807) is 13.8 Å². The zero-order valence-corrected chi connectivity index (χ0v) is 6.69. The van der Waals surface area contributed by atoms with Crippen LogP contribution in [0.1, 0.15) is 26.7 Å². The lowest BCUT2D eigenvalue weighted by Gasteiger charge is -2.17. The van der Waals surface area contributed by atoms with E-state index in [1.807, 2.05) is 0 Å². The summed E-state index contributed by atoms with van der Waals surface area (Å²) in [5, 5.41) is 18.1. The van der Waals surface area contributed by atoms with Crippen LogP contribution in [0.3, 0.4) is 0 Å². The van der Waals surface area contributed by atoms with Gasteiger partial charge in [0.1, 0.15) is 6.10 Å². The normalized spacial score (nSPS) is 15.5. The van der Waals surface area contributed by atoms with Crippen molar-refractivity contribution in [2.24, 2.45) is 0 Å². The second-order valence-electron chi connectivity index (χ2n) is 2.25. The van der Waals surface area contributed by atoms with Crippen LogP contribution in [0.25, 0.3) is 0 Å². The standard InChI is InChI=1S/C6H13NO4/c1-3-5(8)6(4-2)11-7(9)10/h5-6,8H,3-4H2,1-2H3. The Morgan fingerprint density at radius 1 is 1.55 bits per heavy atom. The maximum atomic E-state index is 9.86. The van der Waals surface area contributed by atoms with Crippen LogP contribution in [0, 0.1) is 10.1 Å². The first-order chi connectivity index (χ1) is 5.11. The van der Waals surface area contributed by atoms with Gasteiger partial charge in [0.05, 0.1) is 6.10 Å². The van der Waals surface area contributed by atoms with Crippen LogP contribution >= 0.6 is 0 Å². The van der Waals surface area contributed by atoms with Gasteiger partial charge in [-0.15, -0.1) is 10.1 Å². The molecule has 0 bridgehead atoms. The minimum Gasteiger partial charge on any atom is -0.391 e. The van der Waals surface area contributed by atoms with Crippen molar-refractivity contribution >= 4 is 0 Å². The van der Waals surface area contributed by atoms with Gasteiger partial charge < -0.3 is 9.94 Å². The van der Waals surface area contributed by atoms with E-state index in [2.05, 4.69) is 4.84 Å². The van der Waals surface area contributed by atoms with Gasteiger partial charge in [-0.2, -0.15) is 0 Å². The lowest BCUT2D eigenvalue weighted by Crippen LogP contribution is -2.29. The fourth-order valence-electron chi connectivity index (χ4n) is 0.790. The molecule has 5 heteroatoms. The minimum atomic E-state index is -0.868. The quantitative estimate of drug-likeness (QED) is 0.479. The molecule has 0 fully saturated rings. The molecule has 1 N–H and O–H groups in total. The van der Waals surface area contributed by atoms with Gasteiger partial charge in [0, 0.05) is 0 Å². The number of rotatable bonds is 5. The second-order valence-corrected chi connectivity index (χ2v) is 2.25. The summed E-state index contributed by atoms with van der Waals surface area (Å²) in [6, 6.07) is 0. The fourth-order valence-corrected chi connectivity index (χ4v) is 0.790. The predicted molar refractivity (Wildman–Crippen MR) is 38.5 cm³/mol. The molecule has 0 aromatic carbocycles. The molecule has 0 rings (SSSR count). The summed E-state index contributed by atoms with van der Waals surface area (Å²) in [5.41, 5.74) is 0. The molecule has 66 valence electrons. The summed E-state index contributed by atoms with van der Waals surface area (Å²) < 4.78 is 0. The van der Waals surface area contributed by atoms with Gasteiger partial charge in [0.2, 0.25) is 0 Å². The molecule has 0 aromatic heterocycles. The van der Waals surface area contributed by atoms with Gasteiger partial charge in [-0.3, -0.25) is 0 Å². The number of aliphatic hydroxyl groups excluding tert-OH is 1. The second kappa shape index (κ2) is 4.90. The van der Waals surface area contributed by atoms with Crippen LogP contribution in [-0.2, 0) is 4.84 Å². The Morgan fingerprint density at radius 3 is 2.36 bits per heavy atom. The van der Waals surface area contributed by atoms with Crippen LogP contribution in [-0.4, -0.2) is 22.4 Å². The van der Waals surface area contributed by atoms with Crippen LogP contribution < -0.4 is 0 Å². The molecule has 2 atom stereocenters. The molecule has 0 aromatic rings. The molecule has 0 heterocycles. The molecule has 0 radical (unpaired) electrons. The summed E-state index contributed by atoms with van der Waals surface area (Å²) >= 11 is 0. The van der Waals surface area contributed by atoms with Gasteiger partial charge in [0.25, 0.3) is 5.09 Å². The zero-order chi connectivity index (χ0) is 8.85. The third-order valence-electron chi connectivity index (χ3n) is 1.47. The first-order valence-corrected chi connectivity index (χ1v) is 3.61. The Bertz CT molecular complexity index is 128. The van der Waals surface area contributed by atoms with E-state index >= 15 is 0 Å². The summed E-state index contributed by atoms with van der Waals surface area (Å²) in [4.78, 5) is 14.1. The molecule has 0 spiro atoms. The molecule has 0 aliphatic carbocycles. The van der Waals surface area contributed by atoms with Crippen LogP contribution in [0.4, 0.5) is 0 Å². The summed E-state index contributed by atoms with van der Waals surface area (Å²) in [6.07, 6.45) is -0.525. The Kier molecular flexibility index (Phi) is 4.52. The summed E-state index contributed by atoms with van der Waals surface area (Å²) in [7, 11) is 0. The van der Waals surface area contributed by atoms with Gasteiger partial charge >= 0.3 is 0 Å². The first kappa shape index (κ1) is 10.2. The van der Waals surface area contributed by atoms with E-state index in [0.29, 0.717) is 12.8 Å². The zero-order valence-electron chi connectivity index (χ0n) is 6.69. The average molecular weight is 163 g/mol. The van der Waals surface area contributed by atoms with Crippen LogP contribution in [0.5, 0.6) is 0 Å².